The van der Waals surface area contributed by atoms with Gasteiger partial charge in [0.2, 0.25) is 0 Å². The smallest absolute Gasteiger partial charge is 0.252 e. The van der Waals surface area contributed by atoms with Gasteiger partial charge in [0.25, 0.3) is 5.91 Å². The lowest BCUT2D eigenvalue weighted by Crippen LogP contribution is -2.26. The van der Waals surface area contributed by atoms with Gasteiger partial charge in [-0.15, -0.1) is 11.3 Å². The molecule has 94 valence electrons. The molecule has 1 aromatic heterocycles. The Bertz CT molecular complexity index is 564. The minimum absolute atomic E-state index is 0.0328. The van der Waals surface area contributed by atoms with Gasteiger partial charge in [0.05, 0.1) is 10.4 Å². The highest BCUT2D eigenvalue weighted by Crippen LogP contribution is 2.26. The standard InChI is InChI=1S/C14H14ClNOS/c1-9-5-3-4-6-11(9)14(17)16-10(2)12-7-8-13(15)18-12/h3-8,10H,1-2H3,(H,16,17). The first-order chi connectivity index (χ1) is 8.58. The molecule has 2 nitrogen and oxygen atoms in total. The third-order valence-corrected chi connectivity index (χ3v) is 4.17. The summed E-state index contributed by atoms with van der Waals surface area (Å²) in [6, 6.07) is 11.3. The molecule has 0 aliphatic rings. The molecule has 2 aromatic rings. The molecule has 1 atom stereocenters. The van der Waals surface area contributed by atoms with Crippen molar-refractivity contribution in [2.24, 2.45) is 0 Å². The van der Waals surface area contributed by atoms with E-state index >= 15 is 0 Å². The SMILES string of the molecule is Cc1ccccc1C(=O)NC(C)c1ccc(Cl)s1. The molecular weight excluding hydrogens is 266 g/mol. The minimum Gasteiger partial charge on any atom is -0.345 e. The van der Waals surface area contributed by atoms with Crippen LogP contribution in [0, 0.1) is 6.92 Å². The monoisotopic (exact) mass is 279 g/mol. The number of thiophene rings is 1. The van der Waals surface area contributed by atoms with Crippen LogP contribution in [0.3, 0.4) is 0 Å². The summed E-state index contributed by atoms with van der Waals surface area (Å²) in [4.78, 5) is 13.2. The Morgan fingerprint density at radius 3 is 2.61 bits per heavy atom. The number of hydrogen-bond acceptors (Lipinski definition) is 2. The summed E-state index contributed by atoms with van der Waals surface area (Å²) in [5.41, 5.74) is 1.69. The molecule has 0 saturated carbocycles. The molecule has 0 spiro atoms. The van der Waals surface area contributed by atoms with Crippen LogP contribution in [0.2, 0.25) is 4.34 Å². The van der Waals surface area contributed by atoms with E-state index in [4.69, 9.17) is 11.6 Å². The first-order valence-electron chi connectivity index (χ1n) is 5.69. The van der Waals surface area contributed by atoms with Gasteiger partial charge in [-0.2, -0.15) is 0 Å². The van der Waals surface area contributed by atoms with Crippen LogP contribution in [0.25, 0.3) is 0 Å². The molecule has 1 aromatic carbocycles. The first-order valence-corrected chi connectivity index (χ1v) is 6.89. The van der Waals surface area contributed by atoms with E-state index in [2.05, 4.69) is 5.32 Å². The third-order valence-electron chi connectivity index (χ3n) is 2.76. The van der Waals surface area contributed by atoms with Crippen LogP contribution in [0.1, 0.15) is 33.8 Å². The Morgan fingerprint density at radius 2 is 2.00 bits per heavy atom. The number of nitrogens with one attached hydrogen (secondary N) is 1. The van der Waals surface area contributed by atoms with Crippen LogP contribution in [0.4, 0.5) is 0 Å². The number of amides is 1. The average Bonchev–Trinajstić information content (AvgIpc) is 2.76. The Labute approximate surface area is 116 Å². The molecule has 0 saturated heterocycles. The molecule has 18 heavy (non-hydrogen) atoms. The number of carbonyl (C=O) groups excluding carboxylic acids is 1. The van der Waals surface area contributed by atoms with E-state index in [0.717, 1.165) is 14.8 Å². The summed E-state index contributed by atoms with van der Waals surface area (Å²) in [6.45, 7) is 3.89. The van der Waals surface area contributed by atoms with E-state index in [-0.39, 0.29) is 11.9 Å². The lowest BCUT2D eigenvalue weighted by molar-refractivity contribution is 0.0940. The molecular formula is C14H14ClNOS. The first kappa shape index (κ1) is 13.1. The molecule has 2 rings (SSSR count). The molecule has 0 fully saturated rings. The number of benzene rings is 1. The van der Waals surface area contributed by atoms with Crippen molar-refractivity contribution in [1.29, 1.82) is 0 Å². The van der Waals surface area contributed by atoms with Gasteiger partial charge in [0.15, 0.2) is 0 Å². The van der Waals surface area contributed by atoms with Crippen LogP contribution < -0.4 is 5.32 Å². The maximum absolute atomic E-state index is 12.1. The van der Waals surface area contributed by atoms with Crippen LogP contribution in [0.15, 0.2) is 36.4 Å². The Hall–Kier alpha value is -1.32. The second-order valence-electron chi connectivity index (χ2n) is 4.15. The predicted molar refractivity (Wildman–Crippen MR) is 76.4 cm³/mol. The van der Waals surface area contributed by atoms with E-state index in [1.54, 1.807) is 0 Å². The largest absolute Gasteiger partial charge is 0.345 e. The summed E-state index contributed by atoms with van der Waals surface area (Å²) in [5.74, 6) is -0.0508. The number of rotatable bonds is 3. The van der Waals surface area contributed by atoms with Gasteiger partial charge in [-0.25, -0.2) is 0 Å². The number of halogens is 1. The summed E-state index contributed by atoms with van der Waals surface area (Å²) in [6.07, 6.45) is 0. The fourth-order valence-corrected chi connectivity index (χ4v) is 2.80. The van der Waals surface area contributed by atoms with Crippen LogP contribution in [-0.4, -0.2) is 5.91 Å². The topological polar surface area (TPSA) is 29.1 Å². The van der Waals surface area contributed by atoms with Gasteiger partial charge in [-0.3, -0.25) is 4.79 Å². The number of hydrogen-bond donors (Lipinski definition) is 1. The van der Waals surface area contributed by atoms with Gasteiger partial charge < -0.3 is 5.32 Å². The molecule has 1 unspecified atom stereocenters. The normalized spacial score (nSPS) is 12.2. The summed E-state index contributed by atoms with van der Waals surface area (Å²) in [5, 5.41) is 2.98. The zero-order valence-corrected chi connectivity index (χ0v) is 11.8. The molecule has 4 heteroatoms. The highest BCUT2D eigenvalue weighted by Gasteiger charge is 2.14. The predicted octanol–water partition coefficient (Wildman–Crippen LogP) is 4.20. The van der Waals surface area contributed by atoms with Crippen LogP contribution >= 0.6 is 22.9 Å². The van der Waals surface area contributed by atoms with Crippen molar-refractivity contribution in [2.75, 3.05) is 0 Å². The van der Waals surface area contributed by atoms with E-state index < -0.39 is 0 Å². The van der Waals surface area contributed by atoms with Gasteiger partial charge in [-0.05, 0) is 37.6 Å². The van der Waals surface area contributed by atoms with Crippen LogP contribution in [-0.2, 0) is 0 Å². The number of aryl methyl sites for hydroxylation is 1. The lowest BCUT2D eigenvalue weighted by Gasteiger charge is -2.13. The van der Waals surface area contributed by atoms with Crippen LogP contribution in [0.5, 0.6) is 0 Å². The number of carbonyl (C=O) groups is 1. The van der Waals surface area contributed by atoms with Crippen molar-refractivity contribution >= 4 is 28.8 Å². The zero-order chi connectivity index (χ0) is 13.1. The average molecular weight is 280 g/mol. The quantitative estimate of drug-likeness (QED) is 0.896. The summed E-state index contributed by atoms with van der Waals surface area (Å²) >= 11 is 7.38. The highest BCUT2D eigenvalue weighted by atomic mass is 35.5. The second-order valence-corrected chi connectivity index (χ2v) is 5.90. The molecule has 1 amide bonds. The van der Waals surface area contributed by atoms with Crippen molar-refractivity contribution in [3.63, 3.8) is 0 Å². The van der Waals surface area contributed by atoms with Gasteiger partial charge in [0, 0.05) is 10.4 Å². The Morgan fingerprint density at radius 1 is 1.28 bits per heavy atom. The van der Waals surface area contributed by atoms with Crippen molar-refractivity contribution in [2.45, 2.75) is 19.9 Å². The Kier molecular flexibility index (Phi) is 4.04. The summed E-state index contributed by atoms with van der Waals surface area (Å²) in [7, 11) is 0. The Balaban J connectivity index is 2.10. The molecule has 0 aliphatic carbocycles. The minimum atomic E-state index is -0.0508. The molecule has 0 radical (unpaired) electrons. The fourth-order valence-electron chi connectivity index (χ4n) is 1.73. The van der Waals surface area contributed by atoms with Crippen molar-refractivity contribution in [3.8, 4) is 0 Å². The second kappa shape index (κ2) is 5.55. The van der Waals surface area contributed by atoms with E-state index in [9.17, 15) is 4.79 Å². The molecule has 1 heterocycles. The third kappa shape index (κ3) is 2.92. The van der Waals surface area contributed by atoms with E-state index in [1.807, 2.05) is 50.2 Å². The zero-order valence-electron chi connectivity index (χ0n) is 10.2. The maximum Gasteiger partial charge on any atom is 0.252 e. The van der Waals surface area contributed by atoms with E-state index in [1.165, 1.54) is 11.3 Å². The fraction of sp³-hybridized carbons (Fsp3) is 0.214. The van der Waals surface area contributed by atoms with Crippen molar-refractivity contribution < 1.29 is 4.79 Å². The van der Waals surface area contributed by atoms with Gasteiger partial charge in [0.1, 0.15) is 0 Å². The molecule has 0 aliphatic heterocycles. The molecule has 0 bridgehead atoms. The lowest BCUT2D eigenvalue weighted by atomic mass is 10.1. The van der Waals surface area contributed by atoms with Gasteiger partial charge in [-0.1, -0.05) is 29.8 Å². The van der Waals surface area contributed by atoms with Crippen molar-refractivity contribution in [3.05, 3.63) is 56.7 Å². The van der Waals surface area contributed by atoms with E-state index in [0.29, 0.717) is 5.56 Å². The molecule has 1 N–H and O–H groups in total. The maximum atomic E-state index is 12.1. The van der Waals surface area contributed by atoms with Crippen molar-refractivity contribution in [1.82, 2.24) is 5.32 Å². The van der Waals surface area contributed by atoms with Gasteiger partial charge >= 0.3 is 0 Å². The highest BCUT2D eigenvalue weighted by molar-refractivity contribution is 7.16. The summed E-state index contributed by atoms with van der Waals surface area (Å²) < 4.78 is 0.738.